The van der Waals surface area contributed by atoms with E-state index in [4.69, 9.17) is 14.2 Å². The van der Waals surface area contributed by atoms with Gasteiger partial charge in [-0.1, -0.05) is 221 Å². The molecule has 0 amide bonds. The van der Waals surface area contributed by atoms with Gasteiger partial charge in [0.2, 0.25) is 0 Å². The third-order valence-electron chi connectivity index (χ3n) is 11.9. The summed E-state index contributed by atoms with van der Waals surface area (Å²) in [5.41, 5.74) is 0. The number of hydrogen-bond acceptors (Lipinski definition) is 6. The van der Waals surface area contributed by atoms with Crippen LogP contribution in [0.2, 0.25) is 0 Å². The topological polar surface area (TPSA) is 78.9 Å². The predicted molar refractivity (Wildman–Crippen MR) is 288 cm³/mol. The summed E-state index contributed by atoms with van der Waals surface area (Å²) in [6.07, 6.45) is 71.4. The molecule has 0 aromatic heterocycles. The van der Waals surface area contributed by atoms with Gasteiger partial charge in [-0.25, -0.2) is 0 Å². The molecule has 0 spiro atoms. The zero-order chi connectivity index (χ0) is 48.6. The highest BCUT2D eigenvalue weighted by atomic mass is 16.6. The molecule has 0 aromatic rings. The molecule has 0 aliphatic heterocycles. The van der Waals surface area contributed by atoms with Gasteiger partial charge in [-0.3, -0.25) is 14.4 Å². The monoisotopic (exact) mass is 933 g/mol. The first kappa shape index (κ1) is 63.6. The molecule has 0 saturated heterocycles. The highest BCUT2D eigenvalue weighted by Crippen LogP contribution is 2.14. The van der Waals surface area contributed by atoms with Gasteiger partial charge in [-0.05, 0) is 109 Å². The molecule has 0 aliphatic carbocycles. The second kappa shape index (κ2) is 55.2. The third kappa shape index (κ3) is 53.4. The Labute approximate surface area is 414 Å². The molecule has 0 heterocycles. The molecular weight excluding hydrogens is 829 g/mol. The first-order valence-corrected chi connectivity index (χ1v) is 28.1. The fourth-order valence-corrected chi connectivity index (χ4v) is 7.62. The lowest BCUT2D eigenvalue weighted by atomic mass is 10.1. The second-order valence-corrected chi connectivity index (χ2v) is 18.5. The second-order valence-electron chi connectivity index (χ2n) is 18.5. The van der Waals surface area contributed by atoms with Crippen LogP contribution in [0.4, 0.5) is 0 Å². The van der Waals surface area contributed by atoms with E-state index in [9.17, 15) is 14.4 Å². The average molecular weight is 933 g/mol. The minimum atomic E-state index is -0.790. The summed E-state index contributed by atoms with van der Waals surface area (Å²) in [7, 11) is 0. The van der Waals surface area contributed by atoms with Gasteiger partial charge in [0, 0.05) is 19.3 Å². The minimum absolute atomic E-state index is 0.0889. The molecule has 1 unspecified atom stereocenters. The minimum Gasteiger partial charge on any atom is -0.462 e. The molecule has 0 N–H and O–H groups in total. The van der Waals surface area contributed by atoms with Crippen LogP contribution in [0.1, 0.15) is 265 Å². The summed E-state index contributed by atoms with van der Waals surface area (Å²) in [5, 5.41) is 0. The summed E-state index contributed by atoms with van der Waals surface area (Å²) in [6.45, 7) is 6.46. The van der Waals surface area contributed by atoms with Crippen LogP contribution in [-0.4, -0.2) is 37.2 Å². The number of esters is 3. The summed E-state index contributed by atoms with van der Waals surface area (Å²) in [4.78, 5) is 38.1. The van der Waals surface area contributed by atoms with Gasteiger partial charge in [0.05, 0.1) is 0 Å². The highest BCUT2D eigenvalue weighted by molar-refractivity contribution is 5.71. The van der Waals surface area contributed by atoms with Gasteiger partial charge in [-0.15, -0.1) is 0 Å². The molecule has 0 radical (unpaired) electrons. The Hall–Kier alpha value is -3.41. The lowest BCUT2D eigenvalue weighted by molar-refractivity contribution is -0.167. The SMILES string of the molecule is CC/C=C\C/C=C\C/C=C\C/C=C\C/C=C\CCCCCCCC(=O)OCC(COC(=O)CCCCCCC/C=C\CCCC)OC(=O)CCCCCCCCC/C=C\CCCCCCCC. The van der Waals surface area contributed by atoms with Crippen LogP contribution in [0.15, 0.2) is 85.1 Å². The molecule has 6 heteroatoms. The van der Waals surface area contributed by atoms with Crippen molar-refractivity contribution in [1.82, 2.24) is 0 Å². The number of carbonyl (C=O) groups excluding carboxylic acids is 3. The van der Waals surface area contributed by atoms with E-state index < -0.39 is 6.10 Å². The number of allylic oxidation sites excluding steroid dienone is 14. The van der Waals surface area contributed by atoms with Crippen LogP contribution in [0, 0.1) is 0 Å². The number of rotatable bonds is 50. The lowest BCUT2D eigenvalue weighted by Crippen LogP contribution is -2.30. The zero-order valence-corrected chi connectivity index (χ0v) is 43.9. The van der Waals surface area contributed by atoms with Crippen molar-refractivity contribution in [3.8, 4) is 0 Å². The van der Waals surface area contributed by atoms with Crippen molar-refractivity contribution in [1.29, 1.82) is 0 Å². The molecule has 0 aromatic carbocycles. The maximum atomic E-state index is 12.8. The maximum Gasteiger partial charge on any atom is 0.306 e. The van der Waals surface area contributed by atoms with Gasteiger partial charge in [0.15, 0.2) is 6.10 Å². The van der Waals surface area contributed by atoms with E-state index >= 15 is 0 Å². The Morgan fingerprint density at radius 2 is 0.597 bits per heavy atom. The summed E-state index contributed by atoms with van der Waals surface area (Å²) >= 11 is 0. The van der Waals surface area contributed by atoms with E-state index in [0.29, 0.717) is 19.3 Å². The van der Waals surface area contributed by atoms with Gasteiger partial charge in [0.25, 0.3) is 0 Å². The van der Waals surface area contributed by atoms with E-state index in [1.165, 1.54) is 109 Å². The van der Waals surface area contributed by atoms with Crippen molar-refractivity contribution in [3.05, 3.63) is 85.1 Å². The summed E-state index contributed by atoms with van der Waals surface area (Å²) in [5.74, 6) is -0.918. The Bertz CT molecular complexity index is 1300. The Morgan fingerprint density at radius 1 is 0.313 bits per heavy atom. The fourth-order valence-electron chi connectivity index (χ4n) is 7.62. The van der Waals surface area contributed by atoms with E-state index in [0.717, 1.165) is 116 Å². The van der Waals surface area contributed by atoms with Crippen LogP contribution < -0.4 is 0 Å². The largest absolute Gasteiger partial charge is 0.462 e. The third-order valence-corrected chi connectivity index (χ3v) is 11.9. The molecule has 6 nitrogen and oxygen atoms in total. The molecule has 0 bridgehead atoms. The number of ether oxygens (including phenoxy) is 3. The number of unbranched alkanes of at least 4 members (excludes halogenated alkanes) is 25. The smallest absolute Gasteiger partial charge is 0.306 e. The number of carbonyl (C=O) groups is 3. The molecule has 0 fully saturated rings. The quantitative estimate of drug-likeness (QED) is 0.0262. The van der Waals surface area contributed by atoms with Crippen LogP contribution in [0.3, 0.4) is 0 Å². The molecule has 67 heavy (non-hydrogen) atoms. The number of hydrogen-bond donors (Lipinski definition) is 0. The highest BCUT2D eigenvalue weighted by Gasteiger charge is 2.19. The summed E-state index contributed by atoms with van der Waals surface area (Å²) in [6, 6.07) is 0. The fraction of sp³-hybridized carbons (Fsp3) is 0.721. The van der Waals surface area contributed by atoms with Crippen LogP contribution >= 0.6 is 0 Å². The molecule has 1 atom stereocenters. The zero-order valence-electron chi connectivity index (χ0n) is 43.9. The van der Waals surface area contributed by atoms with Crippen LogP contribution in [0.25, 0.3) is 0 Å². The van der Waals surface area contributed by atoms with Crippen molar-refractivity contribution in [3.63, 3.8) is 0 Å². The van der Waals surface area contributed by atoms with Crippen molar-refractivity contribution in [2.45, 2.75) is 271 Å². The van der Waals surface area contributed by atoms with Crippen molar-refractivity contribution >= 4 is 17.9 Å². The van der Waals surface area contributed by atoms with E-state index in [-0.39, 0.29) is 31.1 Å². The van der Waals surface area contributed by atoms with Crippen molar-refractivity contribution in [2.24, 2.45) is 0 Å². The van der Waals surface area contributed by atoms with Gasteiger partial charge in [-0.2, -0.15) is 0 Å². The molecular formula is C61H104O6. The standard InChI is InChI=1S/C61H104O6/c1-4-7-10-13-16-19-22-24-26-28-29-30-31-33-34-36-39-42-45-48-51-54-60(63)66-57-58(56-65-59(62)53-50-47-44-41-38-21-18-15-12-9-6-3)67-61(64)55-52-49-46-43-40-37-35-32-27-25-23-20-17-14-11-8-5-2/h7,10,15-16,18-19,24-27,29-30,33-34,58H,4-6,8-9,11-14,17,20-23,28,31-32,35-57H2,1-3H3/b10-7-,18-15-,19-16-,26-24-,27-25-,30-29-,34-33-. The van der Waals surface area contributed by atoms with Gasteiger partial charge in [0.1, 0.15) is 13.2 Å². The first-order chi connectivity index (χ1) is 33.0. The molecule has 0 saturated carbocycles. The Balaban J connectivity index is 4.39. The first-order valence-electron chi connectivity index (χ1n) is 28.1. The van der Waals surface area contributed by atoms with Crippen molar-refractivity contribution < 1.29 is 28.6 Å². The Morgan fingerprint density at radius 3 is 0.970 bits per heavy atom. The normalized spacial score (nSPS) is 12.7. The molecule has 0 aliphatic rings. The van der Waals surface area contributed by atoms with E-state index in [2.05, 4.69) is 106 Å². The average Bonchev–Trinajstić information content (AvgIpc) is 3.33. The van der Waals surface area contributed by atoms with Crippen LogP contribution in [0.5, 0.6) is 0 Å². The van der Waals surface area contributed by atoms with Gasteiger partial charge >= 0.3 is 17.9 Å². The molecule has 0 rings (SSSR count). The van der Waals surface area contributed by atoms with E-state index in [1.54, 1.807) is 0 Å². The van der Waals surface area contributed by atoms with E-state index in [1.807, 2.05) is 0 Å². The Kier molecular flexibility index (Phi) is 52.4. The van der Waals surface area contributed by atoms with Gasteiger partial charge < -0.3 is 14.2 Å². The lowest BCUT2D eigenvalue weighted by Gasteiger charge is -2.18. The summed E-state index contributed by atoms with van der Waals surface area (Å²) < 4.78 is 16.8. The van der Waals surface area contributed by atoms with Crippen LogP contribution in [-0.2, 0) is 28.6 Å². The van der Waals surface area contributed by atoms with Crippen molar-refractivity contribution in [2.75, 3.05) is 13.2 Å². The molecule has 384 valence electrons. The maximum absolute atomic E-state index is 12.8. The predicted octanol–water partition coefficient (Wildman–Crippen LogP) is 18.8.